The normalized spacial score (nSPS) is 13.3. The Balaban J connectivity index is 1.52. The maximum Gasteiger partial charge on any atom is 0.387 e. The Hall–Kier alpha value is -3.36. The van der Waals surface area contributed by atoms with Crippen molar-refractivity contribution < 1.29 is 32.6 Å². The van der Waals surface area contributed by atoms with E-state index in [1.807, 2.05) is 12.1 Å². The van der Waals surface area contributed by atoms with Gasteiger partial charge >= 0.3 is 12.6 Å². The molecule has 9 heteroatoms. The quantitative estimate of drug-likeness (QED) is 0.657. The number of halogens is 2. The molecule has 0 spiro atoms. The predicted molar refractivity (Wildman–Crippen MR) is 106 cm³/mol. The van der Waals surface area contributed by atoms with Gasteiger partial charge < -0.3 is 24.4 Å². The largest absolute Gasteiger partial charge is 0.493 e. The topological polar surface area (TPSA) is 77.1 Å². The molecule has 0 aromatic heterocycles. The molecule has 160 valence electrons. The van der Waals surface area contributed by atoms with Crippen LogP contribution in [0.5, 0.6) is 11.5 Å². The van der Waals surface area contributed by atoms with E-state index in [2.05, 4.69) is 15.0 Å². The number of carbonyl (C=O) groups is 2. The van der Waals surface area contributed by atoms with E-state index in [0.29, 0.717) is 5.69 Å². The highest BCUT2D eigenvalue weighted by Crippen LogP contribution is 2.29. The Morgan fingerprint density at radius 3 is 2.40 bits per heavy atom. The molecule has 1 heterocycles. The fraction of sp³-hybridized carbons (Fsp3) is 0.333. The number of carbonyl (C=O) groups excluding carboxylic acids is 2. The van der Waals surface area contributed by atoms with Crippen LogP contribution in [0.1, 0.15) is 23.2 Å². The molecule has 0 radical (unpaired) electrons. The Morgan fingerprint density at radius 2 is 1.77 bits per heavy atom. The number of anilines is 2. The summed E-state index contributed by atoms with van der Waals surface area (Å²) in [5.41, 5.74) is 1.73. The second kappa shape index (κ2) is 9.91. The van der Waals surface area contributed by atoms with E-state index in [4.69, 9.17) is 9.47 Å². The molecule has 1 saturated heterocycles. The van der Waals surface area contributed by atoms with Crippen molar-refractivity contribution in [3.05, 3.63) is 48.0 Å². The lowest BCUT2D eigenvalue weighted by molar-refractivity contribution is -0.119. The van der Waals surface area contributed by atoms with Crippen molar-refractivity contribution >= 4 is 23.3 Å². The maximum atomic E-state index is 12.4. The third kappa shape index (κ3) is 5.59. The summed E-state index contributed by atoms with van der Waals surface area (Å²) in [6.07, 6.45) is 2.36. The van der Waals surface area contributed by atoms with E-state index in [1.54, 1.807) is 12.1 Å². The van der Waals surface area contributed by atoms with Gasteiger partial charge in [0.2, 0.25) is 0 Å². The van der Waals surface area contributed by atoms with E-state index in [1.165, 1.54) is 38.2 Å². The van der Waals surface area contributed by atoms with Crippen molar-refractivity contribution in [2.24, 2.45) is 0 Å². The van der Waals surface area contributed by atoms with Crippen molar-refractivity contribution in [2.45, 2.75) is 19.5 Å². The van der Waals surface area contributed by atoms with Crippen LogP contribution in [-0.4, -0.2) is 45.3 Å². The van der Waals surface area contributed by atoms with Crippen molar-refractivity contribution in [1.29, 1.82) is 0 Å². The number of hydrogen-bond acceptors (Lipinski definition) is 6. The summed E-state index contributed by atoms with van der Waals surface area (Å²) >= 11 is 0. The van der Waals surface area contributed by atoms with Gasteiger partial charge in [-0.3, -0.25) is 4.79 Å². The van der Waals surface area contributed by atoms with Crippen LogP contribution < -0.4 is 19.7 Å². The highest BCUT2D eigenvalue weighted by molar-refractivity contribution is 5.95. The lowest BCUT2D eigenvalue weighted by Crippen LogP contribution is -2.21. The lowest BCUT2D eigenvalue weighted by atomic mass is 10.2. The SMILES string of the molecule is COc1cc(C(=O)OCC(=O)Nc2ccc(N3CCCC3)cc2)ccc1OC(F)F. The first kappa shape index (κ1) is 21.4. The number of ether oxygens (including phenoxy) is 3. The molecule has 0 saturated carbocycles. The predicted octanol–water partition coefficient (Wildman–Crippen LogP) is 3.69. The monoisotopic (exact) mass is 420 g/mol. The molecule has 1 aliphatic rings. The van der Waals surface area contributed by atoms with Gasteiger partial charge in [-0.05, 0) is 55.3 Å². The van der Waals surface area contributed by atoms with Crippen molar-refractivity contribution in [3.63, 3.8) is 0 Å². The van der Waals surface area contributed by atoms with Crippen molar-refractivity contribution in [3.8, 4) is 11.5 Å². The summed E-state index contributed by atoms with van der Waals surface area (Å²) in [5, 5.41) is 2.66. The molecule has 0 bridgehead atoms. The van der Waals surface area contributed by atoms with Crippen molar-refractivity contribution in [2.75, 3.05) is 37.0 Å². The van der Waals surface area contributed by atoms with Crippen LogP contribution in [-0.2, 0) is 9.53 Å². The fourth-order valence-electron chi connectivity index (χ4n) is 3.13. The number of amides is 1. The van der Waals surface area contributed by atoms with Crippen LogP contribution in [0.3, 0.4) is 0 Å². The summed E-state index contributed by atoms with van der Waals surface area (Å²) in [5.74, 6) is -1.55. The molecule has 7 nitrogen and oxygen atoms in total. The molecule has 2 aromatic rings. The van der Waals surface area contributed by atoms with Crippen LogP contribution >= 0.6 is 0 Å². The van der Waals surface area contributed by atoms with Gasteiger partial charge in [-0.2, -0.15) is 8.78 Å². The summed E-state index contributed by atoms with van der Waals surface area (Å²) in [4.78, 5) is 26.5. The number of esters is 1. The minimum Gasteiger partial charge on any atom is -0.493 e. The average molecular weight is 420 g/mol. The number of benzene rings is 2. The molecule has 0 unspecified atom stereocenters. The number of rotatable bonds is 8. The summed E-state index contributed by atoms with van der Waals surface area (Å²) in [7, 11) is 1.26. The van der Waals surface area contributed by atoms with Crippen LogP contribution in [0.2, 0.25) is 0 Å². The summed E-state index contributed by atoms with van der Waals surface area (Å²) in [6, 6.07) is 11.1. The fourth-order valence-corrected chi connectivity index (χ4v) is 3.13. The number of methoxy groups -OCH3 is 1. The molecule has 1 amide bonds. The molecule has 0 aliphatic carbocycles. The first-order chi connectivity index (χ1) is 14.5. The summed E-state index contributed by atoms with van der Waals surface area (Å²) < 4.78 is 39.0. The second-order valence-corrected chi connectivity index (χ2v) is 6.61. The van der Waals surface area contributed by atoms with Gasteiger partial charge in [-0.25, -0.2) is 4.79 Å². The third-order valence-corrected chi connectivity index (χ3v) is 4.57. The Bertz CT molecular complexity index is 883. The first-order valence-corrected chi connectivity index (χ1v) is 9.41. The van der Waals surface area contributed by atoms with Gasteiger partial charge in [0, 0.05) is 24.5 Å². The van der Waals surface area contributed by atoms with Gasteiger partial charge in [-0.15, -0.1) is 0 Å². The van der Waals surface area contributed by atoms with E-state index in [0.717, 1.165) is 18.8 Å². The standard InChI is InChI=1S/C21H22F2N2O5/c1-28-18-12-14(4-9-17(18)30-21(22)23)20(27)29-13-19(26)24-15-5-7-16(8-6-15)25-10-2-3-11-25/h4-9,12,21H,2-3,10-11,13H2,1H3,(H,24,26). The summed E-state index contributed by atoms with van der Waals surface area (Å²) in [6.45, 7) is -1.46. The molecule has 1 aliphatic heterocycles. The maximum absolute atomic E-state index is 12.4. The second-order valence-electron chi connectivity index (χ2n) is 6.61. The van der Waals surface area contributed by atoms with Gasteiger partial charge in [0.1, 0.15) is 0 Å². The molecular weight excluding hydrogens is 398 g/mol. The van der Waals surface area contributed by atoms with Gasteiger partial charge in [0.05, 0.1) is 12.7 Å². The molecule has 2 aromatic carbocycles. The molecule has 1 fully saturated rings. The van der Waals surface area contributed by atoms with E-state index in [9.17, 15) is 18.4 Å². The van der Waals surface area contributed by atoms with Crippen LogP contribution in [0, 0.1) is 0 Å². The average Bonchev–Trinajstić information content (AvgIpc) is 3.27. The minimum atomic E-state index is -3.02. The number of alkyl halides is 2. The molecule has 30 heavy (non-hydrogen) atoms. The zero-order chi connectivity index (χ0) is 21.5. The number of hydrogen-bond donors (Lipinski definition) is 1. The highest BCUT2D eigenvalue weighted by Gasteiger charge is 2.16. The molecule has 1 N–H and O–H groups in total. The van der Waals surface area contributed by atoms with Crippen LogP contribution in [0.4, 0.5) is 20.2 Å². The Morgan fingerprint density at radius 1 is 1.07 bits per heavy atom. The van der Waals surface area contributed by atoms with Crippen LogP contribution in [0.25, 0.3) is 0 Å². The van der Waals surface area contributed by atoms with Crippen LogP contribution in [0.15, 0.2) is 42.5 Å². The first-order valence-electron chi connectivity index (χ1n) is 9.41. The van der Waals surface area contributed by atoms with Gasteiger partial charge in [0.25, 0.3) is 5.91 Å². The Kier molecular flexibility index (Phi) is 7.05. The Labute approximate surface area is 172 Å². The lowest BCUT2D eigenvalue weighted by Gasteiger charge is -2.17. The number of nitrogens with one attached hydrogen (secondary N) is 1. The minimum absolute atomic E-state index is 0.0382. The third-order valence-electron chi connectivity index (χ3n) is 4.57. The van der Waals surface area contributed by atoms with E-state index >= 15 is 0 Å². The molecule has 0 atom stereocenters. The van der Waals surface area contributed by atoms with Gasteiger partial charge in [-0.1, -0.05) is 0 Å². The van der Waals surface area contributed by atoms with Gasteiger partial charge in [0.15, 0.2) is 18.1 Å². The highest BCUT2D eigenvalue weighted by atomic mass is 19.3. The number of nitrogens with zero attached hydrogens (tertiary/aromatic N) is 1. The van der Waals surface area contributed by atoms with E-state index < -0.39 is 25.1 Å². The molecule has 3 rings (SSSR count). The molecular formula is C21H22F2N2O5. The van der Waals surface area contributed by atoms with E-state index in [-0.39, 0.29) is 17.1 Å². The van der Waals surface area contributed by atoms with Crippen molar-refractivity contribution in [1.82, 2.24) is 0 Å². The zero-order valence-corrected chi connectivity index (χ0v) is 16.4. The smallest absolute Gasteiger partial charge is 0.387 e. The zero-order valence-electron chi connectivity index (χ0n) is 16.4.